The van der Waals surface area contributed by atoms with Crippen molar-refractivity contribution < 1.29 is 4.79 Å². The molecule has 0 aliphatic heterocycles. The number of amides is 1. The Hall–Kier alpha value is -1.82. The minimum atomic E-state index is -0.345. The first-order valence-electron chi connectivity index (χ1n) is 6.37. The predicted octanol–water partition coefficient (Wildman–Crippen LogP) is 2.94. The third-order valence-corrected chi connectivity index (χ3v) is 3.01. The van der Waals surface area contributed by atoms with Gasteiger partial charge in [0.05, 0.1) is 12.0 Å². The second-order valence-electron chi connectivity index (χ2n) is 4.47. The number of hydrogen-bond acceptors (Lipinski definition) is 2. The average molecular weight is 244 g/mol. The van der Waals surface area contributed by atoms with Crippen molar-refractivity contribution >= 4 is 5.91 Å². The maximum Gasteiger partial charge on any atom is 0.223 e. The van der Waals surface area contributed by atoms with Crippen molar-refractivity contribution in [1.29, 1.82) is 5.26 Å². The number of carbonyl (C=O) groups excluding carboxylic acids is 1. The summed E-state index contributed by atoms with van der Waals surface area (Å²) in [6.07, 6.45) is 2.34. The third kappa shape index (κ3) is 4.21. The molecule has 0 spiro atoms. The van der Waals surface area contributed by atoms with Crippen LogP contribution in [0.25, 0.3) is 0 Å². The van der Waals surface area contributed by atoms with Gasteiger partial charge in [0.1, 0.15) is 0 Å². The van der Waals surface area contributed by atoms with Gasteiger partial charge in [-0.1, -0.05) is 43.7 Å². The first-order chi connectivity index (χ1) is 8.69. The van der Waals surface area contributed by atoms with E-state index in [-0.39, 0.29) is 18.2 Å². The first kappa shape index (κ1) is 14.2. The molecule has 0 aliphatic rings. The first-order valence-corrected chi connectivity index (χ1v) is 6.37. The number of unbranched alkanes of at least 4 members (excludes halogenated alkanes) is 1. The molecule has 0 saturated carbocycles. The van der Waals surface area contributed by atoms with E-state index >= 15 is 0 Å². The Morgan fingerprint density at radius 3 is 2.61 bits per heavy atom. The zero-order valence-corrected chi connectivity index (χ0v) is 11.1. The fourth-order valence-electron chi connectivity index (χ4n) is 1.77. The number of nitriles is 1. The van der Waals surface area contributed by atoms with Gasteiger partial charge in [-0.25, -0.2) is 0 Å². The molecule has 0 saturated heterocycles. The summed E-state index contributed by atoms with van der Waals surface area (Å²) in [4.78, 5) is 13.7. The minimum absolute atomic E-state index is 0.0406. The highest BCUT2D eigenvalue weighted by atomic mass is 16.2. The Balaban J connectivity index is 2.59. The van der Waals surface area contributed by atoms with E-state index in [0.717, 1.165) is 24.9 Å². The molecule has 0 heterocycles. The molecule has 96 valence electrons. The Morgan fingerprint density at radius 1 is 1.39 bits per heavy atom. The standard InChI is InChI=1S/C15H20N2O/c1-3-4-10-17(2)15(18)11-14(12-16)13-8-6-5-7-9-13/h5-9,14H,3-4,10-11H2,1-2H3. The second kappa shape index (κ2) is 7.50. The van der Waals surface area contributed by atoms with E-state index in [9.17, 15) is 4.79 Å². The smallest absolute Gasteiger partial charge is 0.223 e. The molecule has 3 heteroatoms. The summed E-state index contributed by atoms with van der Waals surface area (Å²) in [6, 6.07) is 11.7. The molecule has 1 amide bonds. The van der Waals surface area contributed by atoms with Crippen LogP contribution in [0, 0.1) is 11.3 Å². The molecule has 1 aromatic carbocycles. The molecule has 1 aromatic rings. The Kier molecular flexibility index (Phi) is 5.93. The summed E-state index contributed by atoms with van der Waals surface area (Å²) in [5.74, 6) is -0.304. The molecule has 18 heavy (non-hydrogen) atoms. The van der Waals surface area contributed by atoms with Crippen molar-refractivity contribution in [3.05, 3.63) is 35.9 Å². The van der Waals surface area contributed by atoms with E-state index in [2.05, 4.69) is 13.0 Å². The molecule has 0 aliphatic carbocycles. The van der Waals surface area contributed by atoms with Crippen molar-refractivity contribution in [2.24, 2.45) is 0 Å². The van der Waals surface area contributed by atoms with Gasteiger partial charge in [-0.15, -0.1) is 0 Å². The number of benzene rings is 1. The highest BCUT2D eigenvalue weighted by Crippen LogP contribution is 2.19. The van der Waals surface area contributed by atoms with Gasteiger partial charge in [0.15, 0.2) is 0 Å². The lowest BCUT2D eigenvalue weighted by atomic mass is 9.97. The summed E-state index contributed by atoms with van der Waals surface area (Å²) >= 11 is 0. The maximum atomic E-state index is 12.0. The molecule has 0 bridgehead atoms. The van der Waals surface area contributed by atoms with Crippen molar-refractivity contribution in [1.82, 2.24) is 4.90 Å². The molecule has 0 fully saturated rings. The Labute approximate surface area is 109 Å². The monoisotopic (exact) mass is 244 g/mol. The molecular formula is C15H20N2O. The van der Waals surface area contributed by atoms with Crippen LogP contribution in [0.2, 0.25) is 0 Å². The molecule has 1 atom stereocenters. The lowest BCUT2D eigenvalue weighted by molar-refractivity contribution is -0.130. The van der Waals surface area contributed by atoms with Crippen LogP contribution < -0.4 is 0 Å². The van der Waals surface area contributed by atoms with Crippen LogP contribution in [0.3, 0.4) is 0 Å². The molecule has 1 unspecified atom stereocenters. The number of carbonyl (C=O) groups is 1. The van der Waals surface area contributed by atoms with Gasteiger partial charge in [-0.05, 0) is 12.0 Å². The van der Waals surface area contributed by atoms with Gasteiger partial charge in [-0.2, -0.15) is 5.26 Å². The van der Waals surface area contributed by atoms with Crippen molar-refractivity contribution in [2.45, 2.75) is 32.1 Å². The SMILES string of the molecule is CCCCN(C)C(=O)CC(C#N)c1ccccc1. The van der Waals surface area contributed by atoms with E-state index in [1.165, 1.54) is 0 Å². The van der Waals surface area contributed by atoms with E-state index in [0.29, 0.717) is 0 Å². The molecule has 0 N–H and O–H groups in total. The van der Waals surface area contributed by atoms with Crippen molar-refractivity contribution in [2.75, 3.05) is 13.6 Å². The van der Waals surface area contributed by atoms with E-state index in [4.69, 9.17) is 5.26 Å². The molecule has 1 rings (SSSR count). The van der Waals surface area contributed by atoms with Crippen LogP contribution in [0.5, 0.6) is 0 Å². The maximum absolute atomic E-state index is 12.0. The molecule has 0 aromatic heterocycles. The van der Waals surface area contributed by atoms with Gasteiger partial charge in [-0.3, -0.25) is 4.79 Å². The fraction of sp³-hybridized carbons (Fsp3) is 0.467. The zero-order chi connectivity index (χ0) is 13.4. The van der Waals surface area contributed by atoms with Gasteiger partial charge < -0.3 is 4.90 Å². The van der Waals surface area contributed by atoms with Crippen molar-refractivity contribution in [3.8, 4) is 6.07 Å². The summed E-state index contributed by atoms with van der Waals surface area (Å²) in [6.45, 7) is 2.86. The van der Waals surface area contributed by atoms with Crippen LogP contribution >= 0.6 is 0 Å². The van der Waals surface area contributed by atoms with E-state index in [1.54, 1.807) is 11.9 Å². The topological polar surface area (TPSA) is 44.1 Å². The van der Waals surface area contributed by atoms with Gasteiger partial charge in [0.2, 0.25) is 5.91 Å². The Morgan fingerprint density at radius 2 is 2.06 bits per heavy atom. The predicted molar refractivity (Wildman–Crippen MR) is 72.0 cm³/mol. The summed E-state index contributed by atoms with van der Waals surface area (Å²) in [5.41, 5.74) is 0.914. The quantitative estimate of drug-likeness (QED) is 0.772. The van der Waals surface area contributed by atoms with Crippen LogP contribution in [-0.4, -0.2) is 24.4 Å². The van der Waals surface area contributed by atoms with Crippen LogP contribution in [0.4, 0.5) is 0 Å². The summed E-state index contributed by atoms with van der Waals surface area (Å²) in [5, 5.41) is 9.17. The van der Waals surface area contributed by atoms with E-state index in [1.807, 2.05) is 30.3 Å². The third-order valence-electron chi connectivity index (χ3n) is 3.01. The molecule has 0 radical (unpaired) electrons. The largest absolute Gasteiger partial charge is 0.346 e. The highest BCUT2D eigenvalue weighted by Gasteiger charge is 2.17. The number of nitrogens with zero attached hydrogens (tertiary/aromatic N) is 2. The lowest BCUT2D eigenvalue weighted by Gasteiger charge is -2.18. The van der Waals surface area contributed by atoms with Gasteiger partial charge in [0.25, 0.3) is 0 Å². The fourth-order valence-corrected chi connectivity index (χ4v) is 1.77. The normalized spacial score (nSPS) is 11.6. The minimum Gasteiger partial charge on any atom is -0.346 e. The molecule has 3 nitrogen and oxygen atoms in total. The molecular weight excluding hydrogens is 224 g/mol. The van der Waals surface area contributed by atoms with Gasteiger partial charge in [0, 0.05) is 20.0 Å². The number of rotatable bonds is 6. The average Bonchev–Trinajstić information content (AvgIpc) is 2.42. The van der Waals surface area contributed by atoms with Gasteiger partial charge >= 0.3 is 0 Å². The van der Waals surface area contributed by atoms with Crippen LogP contribution in [0.1, 0.15) is 37.7 Å². The highest BCUT2D eigenvalue weighted by molar-refractivity contribution is 5.77. The zero-order valence-electron chi connectivity index (χ0n) is 11.1. The van der Waals surface area contributed by atoms with E-state index < -0.39 is 0 Å². The number of hydrogen-bond donors (Lipinski definition) is 0. The summed E-state index contributed by atoms with van der Waals surface area (Å²) in [7, 11) is 1.80. The summed E-state index contributed by atoms with van der Waals surface area (Å²) < 4.78 is 0. The Bertz CT molecular complexity index is 408. The van der Waals surface area contributed by atoms with Crippen LogP contribution in [0.15, 0.2) is 30.3 Å². The second-order valence-corrected chi connectivity index (χ2v) is 4.47. The van der Waals surface area contributed by atoms with Crippen molar-refractivity contribution in [3.63, 3.8) is 0 Å². The van der Waals surface area contributed by atoms with Crippen LogP contribution in [-0.2, 0) is 4.79 Å². The lowest BCUT2D eigenvalue weighted by Crippen LogP contribution is -2.28.